The Balaban J connectivity index is 0.00000361. The minimum Gasteiger partial charge on any atom is -0.508 e. The molecule has 1 aromatic carbocycles. The van der Waals surface area contributed by atoms with Gasteiger partial charge in [-0.25, -0.2) is 0 Å². The zero-order valence-corrected chi connectivity index (χ0v) is 11.7. The van der Waals surface area contributed by atoms with Crippen LogP contribution in [-0.4, -0.2) is 22.7 Å². The first kappa shape index (κ1) is 18.8. The molecule has 0 bridgehead atoms. The highest BCUT2D eigenvalue weighted by Gasteiger charge is 2.32. The fraction of sp³-hybridized carbons (Fsp3) is 0.500. The summed E-state index contributed by atoms with van der Waals surface area (Å²) in [5.41, 5.74) is 5.73. The summed E-state index contributed by atoms with van der Waals surface area (Å²) in [4.78, 5) is 0. The largest absolute Gasteiger partial charge is 0.573 e. The smallest absolute Gasteiger partial charge is 0.508 e. The summed E-state index contributed by atoms with van der Waals surface area (Å²) >= 11 is 0. The van der Waals surface area contributed by atoms with Crippen LogP contribution in [0.5, 0.6) is 11.5 Å². The minimum atomic E-state index is -4.82. The Morgan fingerprint density at radius 1 is 1.25 bits per heavy atom. The number of alkyl halides is 3. The number of rotatable bonds is 4. The molecule has 0 saturated carbocycles. The first-order valence-electron chi connectivity index (χ1n) is 5.64. The minimum absolute atomic E-state index is 0. The molecule has 116 valence electrons. The van der Waals surface area contributed by atoms with Gasteiger partial charge in [0.15, 0.2) is 0 Å². The van der Waals surface area contributed by atoms with Gasteiger partial charge in [-0.1, -0.05) is 13.8 Å². The third-order valence-corrected chi connectivity index (χ3v) is 2.64. The molecule has 0 spiro atoms. The molecule has 20 heavy (non-hydrogen) atoms. The molecular formula is C12H17ClF3NO3. The molecule has 0 aliphatic carbocycles. The third-order valence-electron chi connectivity index (χ3n) is 2.64. The second-order valence-electron chi connectivity index (χ2n) is 4.53. The number of phenolic OH excluding ortho intramolecular Hbond substituents is 1. The third kappa shape index (κ3) is 5.07. The highest BCUT2D eigenvalue weighted by molar-refractivity contribution is 5.85. The first-order valence-corrected chi connectivity index (χ1v) is 5.64. The van der Waals surface area contributed by atoms with E-state index in [1.165, 1.54) is 0 Å². The van der Waals surface area contributed by atoms with E-state index in [1.54, 1.807) is 13.8 Å². The molecule has 0 amide bonds. The van der Waals surface area contributed by atoms with E-state index in [1.807, 2.05) is 0 Å². The van der Waals surface area contributed by atoms with E-state index in [9.17, 15) is 23.4 Å². The molecule has 0 saturated heterocycles. The summed E-state index contributed by atoms with van der Waals surface area (Å²) in [5, 5.41) is 19.4. The topological polar surface area (TPSA) is 75.7 Å². The second kappa shape index (κ2) is 7.01. The predicted octanol–water partition coefficient (Wildman–Crippen LogP) is 2.73. The average Bonchev–Trinajstić information content (AvgIpc) is 2.27. The zero-order chi connectivity index (χ0) is 14.8. The lowest BCUT2D eigenvalue weighted by molar-refractivity contribution is -0.274. The Morgan fingerprint density at radius 3 is 2.25 bits per heavy atom. The summed E-state index contributed by atoms with van der Waals surface area (Å²) in [5.74, 6) is -0.991. The molecule has 0 radical (unpaired) electrons. The Labute approximate surface area is 120 Å². The van der Waals surface area contributed by atoms with Gasteiger partial charge in [0.05, 0.1) is 12.1 Å². The SMILES string of the molecule is CC(C)[C@@H](O)[C@@H](N)c1cc(OC(F)(F)F)ccc1O.Cl. The van der Waals surface area contributed by atoms with Gasteiger partial charge in [-0.2, -0.15) is 0 Å². The number of aliphatic hydroxyl groups is 1. The van der Waals surface area contributed by atoms with Gasteiger partial charge in [-0.05, 0) is 24.1 Å². The lowest BCUT2D eigenvalue weighted by Gasteiger charge is -2.23. The molecular weight excluding hydrogens is 299 g/mol. The van der Waals surface area contributed by atoms with Crippen molar-refractivity contribution in [1.29, 1.82) is 0 Å². The summed E-state index contributed by atoms with van der Waals surface area (Å²) in [6.45, 7) is 3.41. The van der Waals surface area contributed by atoms with Crippen molar-refractivity contribution >= 4 is 12.4 Å². The van der Waals surface area contributed by atoms with Crippen LogP contribution in [0.15, 0.2) is 18.2 Å². The van der Waals surface area contributed by atoms with Gasteiger partial charge >= 0.3 is 6.36 Å². The molecule has 2 atom stereocenters. The van der Waals surface area contributed by atoms with Crippen LogP contribution in [0.2, 0.25) is 0 Å². The van der Waals surface area contributed by atoms with Gasteiger partial charge in [-0.3, -0.25) is 0 Å². The van der Waals surface area contributed by atoms with Crippen LogP contribution in [0.3, 0.4) is 0 Å². The van der Waals surface area contributed by atoms with Crippen LogP contribution in [0, 0.1) is 5.92 Å². The van der Waals surface area contributed by atoms with E-state index in [0.717, 1.165) is 18.2 Å². The number of hydrogen-bond acceptors (Lipinski definition) is 4. The van der Waals surface area contributed by atoms with Crippen LogP contribution < -0.4 is 10.5 Å². The highest BCUT2D eigenvalue weighted by atomic mass is 35.5. The van der Waals surface area contributed by atoms with Crippen LogP contribution in [0.25, 0.3) is 0 Å². The molecule has 0 aromatic heterocycles. The Hall–Kier alpha value is -1.18. The molecule has 4 nitrogen and oxygen atoms in total. The Morgan fingerprint density at radius 2 is 1.80 bits per heavy atom. The normalized spacial score (nSPS) is 14.6. The summed E-state index contributed by atoms with van der Waals surface area (Å²) in [7, 11) is 0. The van der Waals surface area contributed by atoms with Crippen molar-refractivity contribution in [1.82, 2.24) is 0 Å². The van der Waals surface area contributed by atoms with Crippen molar-refractivity contribution in [3.8, 4) is 11.5 Å². The molecule has 8 heteroatoms. The lowest BCUT2D eigenvalue weighted by atomic mass is 9.94. The van der Waals surface area contributed by atoms with E-state index < -0.39 is 24.3 Å². The van der Waals surface area contributed by atoms with E-state index >= 15 is 0 Å². The highest BCUT2D eigenvalue weighted by Crippen LogP contribution is 2.32. The number of nitrogens with two attached hydrogens (primary N) is 1. The first-order chi connectivity index (χ1) is 8.61. The number of phenols is 1. The molecule has 0 heterocycles. The average molecular weight is 316 g/mol. The van der Waals surface area contributed by atoms with Gasteiger partial charge in [0.1, 0.15) is 11.5 Å². The number of benzene rings is 1. The van der Waals surface area contributed by atoms with Crippen molar-refractivity contribution in [2.45, 2.75) is 32.4 Å². The van der Waals surface area contributed by atoms with Crippen LogP contribution >= 0.6 is 12.4 Å². The Kier molecular flexibility index (Phi) is 6.60. The van der Waals surface area contributed by atoms with Gasteiger partial charge < -0.3 is 20.7 Å². The monoisotopic (exact) mass is 315 g/mol. The van der Waals surface area contributed by atoms with Crippen molar-refractivity contribution in [3.63, 3.8) is 0 Å². The summed E-state index contributed by atoms with van der Waals surface area (Å²) in [6, 6.07) is 1.99. The molecule has 1 aromatic rings. The van der Waals surface area contributed by atoms with Crippen molar-refractivity contribution < 1.29 is 28.1 Å². The maximum Gasteiger partial charge on any atom is 0.573 e. The standard InChI is InChI=1S/C12H16F3NO3.ClH/c1-6(2)11(18)10(16)8-5-7(3-4-9(8)17)19-12(13,14)15;/h3-6,10-11,17-18H,16H2,1-2H3;1H/t10-,11+;/m0./s1. The fourth-order valence-corrected chi connectivity index (χ4v) is 1.60. The predicted molar refractivity (Wildman–Crippen MR) is 69.8 cm³/mol. The van der Waals surface area contributed by atoms with E-state index in [4.69, 9.17) is 5.73 Å². The van der Waals surface area contributed by atoms with E-state index in [2.05, 4.69) is 4.74 Å². The van der Waals surface area contributed by atoms with Crippen LogP contribution in [0.1, 0.15) is 25.5 Å². The molecule has 0 unspecified atom stereocenters. The fourth-order valence-electron chi connectivity index (χ4n) is 1.60. The quantitative estimate of drug-likeness (QED) is 0.798. The van der Waals surface area contributed by atoms with Crippen LogP contribution in [-0.2, 0) is 0 Å². The van der Waals surface area contributed by atoms with Gasteiger partial charge in [0, 0.05) is 5.56 Å². The van der Waals surface area contributed by atoms with Crippen molar-refractivity contribution in [2.24, 2.45) is 11.7 Å². The number of aromatic hydroxyl groups is 1. The van der Waals surface area contributed by atoms with E-state index in [0.29, 0.717) is 0 Å². The summed E-state index contributed by atoms with van der Waals surface area (Å²) < 4.78 is 40.0. The molecule has 0 aliphatic heterocycles. The number of aliphatic hydroxyl groups excluding tert-OH is 1. The maximum absolute atomic E-state index is 12.1. The van der Waals surface area contributed by atoms with Gasteiger partial charge in [0.25, 0.3) is 0 Å². The second-order valence-corrected chi connectivity index (χ2v) is 4.53. The number of hydrogen-bond donors (Lipinski definition) is 3. The molecule has 0 fully saturated rings. The van der Waals surface area contributed by atoms with Gasteiger partial charge in [0.2, 0.25) is 0 Å². The Bertz CT molecular complexity index is 440. The molecule has 1 rings (SSSR count). The van der Waals surface area contributed by atoms with Gasteiger partial charge in [-0.15, -0.1) is 25.6 Å². The summed E-state index contributed by atoms with van der Waals surface area (Å²) in [6.07, 6.45) is -5.82. The number of ether oxygens (including phenoxy) is 1. The van der Waals surface area contributed by atoms with Crippen molar-refractivity contribution in [3.05, 3.63) is 23.8 Å². The van der Waals surface area contributed by atoms with Crippen LogP contribution in [0.4, 0.5) is 13.2 Å². The lowest BCUT2D eigenvalue weighted by Crippen LogP contribution is -2.30. The van der Waals surface area contributed by atoms with E-state index in [-0.39, 0.29) is 29.6 Å². The maximum atomic E-state index is 12.1. The zero-order valence-electron chi connectivity index (χ0n) is 10.9. The molecule has 4 N–H and O–H groups in total. The number of halogens is 4. The molecule has 0 aliphatic rings. The van der Waals surface area contributed by atoms with Crippen molar-refractivity contribution in [2.75, 3.05) is 0 Å².